The fourth-order valence-corrected chi connectivity index (χ4v) is 3.19. The molecule has 0 saturated carbocycles. The summed E-state index contributed by atoms with van der Waals surface area (Å²) in [6.07, 6.45) is 0. The molecule has 0 unspecified atom stereocenters. The highest BCUT2D eigenvalue weighted by atomic mass is 16.5. The van der Waals surface area contributed by atoms with Gasteiger partial charge in [-0.3, -0.25) is 9.48 Å². The van der Waals surface area contributed by atoms with Crippen molar-refractivity contribution in [2.45, 2.75) is 19.7 Å². The van der Waals surface area contributed by atoms with Crippen molar-refractivity contribution in [1.82, 2.24) is 19.7 Å². The summed E-state index contributed by atoms with van der Waals surface area (Å²) >= 11 is 0. The number of pyridine rings is 1. The molecule has 0 radical (unpaired) electrons. The van der Waals surface area contributed by atoms with Gasteiger partial charge in [0.25, 0.3) is 5.91 Å². The van der Waals surface area contributed by atoms with Gasteiger partial charge in [0.15, 0.2) is 0 Å². The van der Waals surface area contributed by atoms with Crippen molar-refractivity contribution in [2.75, 3.05) is 25.5 Å². The molecule has 0 saturated heterocycles. The lowest BCUT2D eigenvalue weighted by atomic mass is 10.2. The van der Waals surface area contributed by atoms with Crippen LogP contribution in [0.5, 0.6) is 5.75 Å². The van der Waals surface area contributed by atoms with Gasteiger partial charge in [0.05, 0.1) is 18.8 Å². The van der Waals surface area contributed by atoms with Crippen LogP contribution in [0.25, 0.3) is 0 Å². The van der Waals surface area contributed by atoms with Crippen LogP contribution in [0.2, 0.25) is 0 Å². The van der Waals surface area contributed by atoms with Gasteiger partial charge in [-0.1, -0.05) is 24.3 Å². The topological polar surface area (TPSA) is 63.5 Å². The van der Waals surface area contributed by atoms with Crippen LogP contribution in [-0.4, -0.2) is 46.2 Å². The highest BCUT2D eigenvalue weighted by molar-refractivity contribution is 5.93. The lowest BCUT2D eigenvalue weighted by Gasteiger charge is -2.27. The van der Waals surface area contributed by atoms with Gasteiger partial charge in [-0.15, -0.1) is 0 Å². The quantitative estimate of drug-likeness (QED) is 0.661. The highest BCUT2D eigenvalue weighted by Crippen LogP contribution is 2.18. The molecule has 0 N–H and O–H groups in total. The summed E-state index contributed by atoms with van der Waals surface area (Å²) in [6, 6.07) is 17.3. The Kier molecular flexibility index (Phi) is 4.97. The van der Waals surface area contributed by atoms with Gasteiger partial charge >= 0.3 is 0 Å². The second-order valence-corrected chi connectivity index (χ2v) is 6.95. The van der Waals surface area contributed by atoms with Crippen LogP contribution in [0, 0.1) is 0 Å². The second-order valence-electron chi connectivity index (χ2n) is 6.95. The molecule has 3 aromatic rings. The molecule has 1 aliphatic heterocycles. The summed E-state index contributed by atoms with van der Waals surface area (Å²) in [5.74, 6) is 1.64. The number of hydrogen-bond donors (Lipinski definition) is 0. The molecule has 0 aliphatic carbocycles. The number of carbonyl (C=O) groups is 1. The third kappa shape index (κ3) is 3.83. The van der Waals surface area contributed by atoms with E-state index in [2.05, 4.69) is 10.1 Å². The number of ether oxygens (including phenoxy) is 1. The van der Waals surface area contributed by atoms with E-state index in [-0.39, 0.29) is 5.91 Å². The van der Waals surface area contributed by atoms with E-state index < -0.39 is 0 Å². The molecule has 0 bridgehead atoms. The zero-order valence-corrected chi connectivity index (χ0v) is 16.1. The van der Waals surface area contributed by atoms with E-state index in [1.54, 1.807) is 4.68 Å². The average molecular weight is 377 g/mol. The Morgan fingerprint density at radius 2 is 1.86 bits per heavy atom. The fraction of sp³-hybridized carbons (Fsp3) is 0.286. The van der Waals surface area contributed by atoms with Crippen LogP contribution in [-0.2, 0) is 19.7 Å². The molecular weight excluding hydrogens is 354 g/mol. The number of hydrogen-bond acceptors (Lipinski definition) is 5. The third-order valence-corrected chi connectivity index (χ3v) is 4.65. The van der Waals surface area contributed by atoms with Gasteiger partial charge in [-0.25, -0.2) is 4.98 Å². The lowest BCUT2D eigenvalue weighted by Crippen LogP contribution is -2.40. The lowest BCUT2D eigenvalue weighted by molar-refractivity contribution is 0.0681. The molecule has 28 heavy (non-hydrogen) atoms. The molecule has 1 aromatic carbocycles. The SMILES string of the molecule is CN(C)c1cccc(CN2CCn3nc(COc4ccccc4)cc3C2=O)n1. The summed E-state index contributed by atoms with van der Waals surface area (Å²) in [7, 11) is 3.91. The largest absolute Gasteiger partial charge is 0.487 e. The Bertz CT molecular complexity index is 968. The summed E-state index contributed by atoms with van der Waals surface area (Å²) < 4.78 is 7.52. The molecule has 0 atom stereocenters. The van der Waals surface area contributed by atoms with Gasteiger partial charge in [0.2, 0.25) is 0 Å². The van der Waals surface area contributed by atoms with Crippen LogP contribution in [0.4, 0.5) is 5.82 Å². The Morgan fingerprint density at radius 3 is 2.64 bits per heavy atom. The average Bonchev–Trinajstić information content (AvgIpc) is 3.14. The van der Waals surface area contributed by atoms with E-state index in [0.717, 1.165) is 23.0 Å². The van der Waals surface area contributed by atoms with Crippen LogP contribution in [0.1, 0.15) is 21.9 Å². The molecule has 144 valence electrons. The maximum Gasteiger partial charge on any atom is 0.272 e. The monoisotopic (exact) mass is 377 g/mol. The summed E-state index contributed by atoms with van der Waals surface area (Å²) in [5, 5.41) is 4.52. The van der Waals surface area contributed by atoms with Crippen LogP contribution < -0.4 is 9.64 Å². The zero-order valence-electron chi connectivity index (χ0n) is 16.1. The van der Waals surface area contributed by atoms with Gasteiger partial charge in [0.1, 0.15) is 29.6 Å². The molecular formula is C21H23N5O2. The Labute approximate surface area is 164 Å². The van der Waals surface area contributed by atoms with Crippen LogP contribution >= 0.6 is 0 Å². The Morgan fingerprint density at radius 1 is 1.04 bits per heavy atom. The first-order valence-electron chi connectivity index (χ1n) is 9.27. The molecule has 7 nitrogen and oxygen atoms in total. The predicted molar refractivity (Wildman–Crippen MR) is 106 cm³/mol. The van der Waals surface area contributed by atoms with Gasteiger partial charge in [-0.05, 0) is 30.3 Å². The fourth-order valence-electron chi connectivity index (χ4n) is 3.19. The molecule has 7 heteroatoms. The molecule has 0 fully saturated rings. The number of rotatable bonds is 6. The number of aromatic nitrogens is 3. The van der Waals surface area contributed by atoms with E-state index in [1.807, 2.05) is 78.5 Å². The van der Waals surface area contributed by atoms with E-state index in [0.29, 0.717) is 31.9 Å². The summed E-state index contributed by atoms with van der Waals surface area (Å²) in [4.78, 5) is 21.3. The highest BCUT2D eigenvalue weighted by Gasteiger charge is 2.27. The summed E-state index contributed by atoms with van der Waals surface area (Å²) in [5.41, 5.74) is 2.23. The van der Waals surface area contributed by atoms with Crippen LogP contribution in [0.3, 0.4) is 0 Å². The third-order valence-electron chi connectivity index (χ3n) is 4.65. The van der Waals surface area contributed by atoms with Crippen molar-refractivity contribution in [3.63, 3.8) is 0 Å². The van der Waals surface area contributed by atoms with E-state index in [1.165, 1.54) is 0 Å². The van der Waals surface area contributed by atoms with E-state index in [4.69, 9.17) is 4.74 Å². The molecule has 1 amide bonds. The van der Waals surface area contributed by atoms with Crippen molar-refractivity contribution in [1.29, 1.82) is 0 Å². The summed E-state index contributed by atoms with van der Waals surface area (Å²) in [6.45, 7) is 2.10. The zero-order chi connectivity index (χ0) is 19.5. The Balaban J connectivity index is 1.45. The molecule has 3 heterocycles. The maximum absolute atomic E-state index is 12.9. The number of amides is 1. The minimum atomic E-state index is -0.0261. The standard InChI is InChI=1S/C21H23N5O2/c1-24(2)20-10-6-7-16(22-20)14-25-11-12-26-19(21(25)27)13-17(23-26)15-28-18-8-4-3-5-9-18/h3-10,13H,11-12,14-15H2,1-2H3. The number of fused-ring (bicyclic) bond motifs is 1. The number of anilines is 1. The molecule has 4 rings (SSSR count). The van der Waals surface area contributed by atoms with Crippen molar-refractivity contribution >= 4 is 11.7 Å². The normalized spacial score (nSPS) is 13.4. The number of para-hydroxylation sites is 1. The van der Waals surface area contributed by atoms with Crippen LogP contribution in [0.15, 0.2) is 54.6 Å². The van der Waals surface area contributed by atoms with Crippen molar-refractivity contribution in [3.05, 3.63) is 71.7 Å². The number of carbonyl (C=O) groups excluding carboxylic acids is 1. The second kappa shape index (κ2) is 7.72. The van der Waals surface area contributed by atoms with Gasteiger partial charge in [-0.2, -0.15) is 5.10 Å². The first-order valence-corrected chi connectivity index (χ1v) is 9.27. The van der Waals surface area contributed by atoms with Crippen molar-refractivity contribution in [3.8, 4) is 5.75 Å². The Hall–Kier alpha value is -3.35. The minimum absolute atomic E-state index is 0.0261. The van der Waals surface area contributed by atoms with Gasteiger partial charge < -0.3 is 14.5 Å². The predicted octanol–water partition coefficient (Wildman–Crippen LogP) is 2.58. The first-order chi connectivity index (χ1) is 13.6. The van der Waals surface area contributed by atoms with Crippen molar-refractivity contribution < 1.29 is 9.53 Å². The maximum atomic E-state index is 12.9. The van der Waals surface area contributed by atoms with Gasteiger partial charge in [0, 0.05) is 20.6 Å². The molecule has 0 spiro atoms. The number of benzene rings is 1. The molecule has 1 aliphatic rings. The van der Waals surface area contributed by atoms with E-state index >= 15 is 0 Å². The van der Waals surface area contributed by atoms with Crippen molar-refractivity contribution in [2.24, 2.45) is 0 Å². The number of nitrogens with zero attached hydrogens (tertiary/aromatic N) is 5. The minimum Gasteiger partial charge on any atom is -0.487 e. The smallest absolute Gasteiger partial charge is 0.272 e. The van der Waals surface area contributed by atoms with E-state index in [9.17, 15) is 4.79 Å². The first kappa shape index (κ1) is 18.0. The molecule has 2 aromatic heterocycles.